The second kappa shape index (κ2) is 2.57. The van der Waals surface area contributed by atoms with E-state index in [0.29, 0.717) is 16.9 Å². The van der Waals surface area contributed by atoms with Crippen molar-refractivity contribution in [3.05, 3.63) is 18.3 Å². The topological polar surface area (TPSA) is 87.1 Å². The van der Waals surface area contributed by atoms with Crippen LogP contribution in [0.3, 0.4) is 0 Å². The summed E-state index contributed by atoms with van der Waals surface area (Å²) >= 11 is 0. The Morgan fingerprint density at radius 1 is 1.42 bits per heavy atom. The van der Waals surface area contributed by atoms with E-state index in [1.54, 1.807) is 0 Å². The van der Waals surface area contributed by atoms with Gasteiger partial charge < -0.3 is 10.2 Å². The summed E-state index contributed by atoms with van der Waals surface area (Å²) in [6.07, 6.45) is 4.09. The molecule has 0 amide bonds. The van der Waals surface area contributed by atoms with Gasteiger partial charge in [-0.25, -0.2) is 15.0 Å². The van der Waals surface area contributed by atoms with Crippen LogP contribution in [-0.4, -0.2) is 31.4 Å². The van der Waals surface area contributed by atoms with Crippen LogP contribution in [0, 0.1) is 0 Å². The molecule has 0 radical (unpaired) electrons. The minimum Gasteiger partial charge on any atom is -0.411 e. The predicted molar refractivity (Wildman–Crippen MR) is 41.1 cm³/mol. The number of imidazole rings is 1. The summed E-state index contributed by atoms with van der Waals surface area (Å²) in [6, 6.07) is 0. The molecule has 2 rings (SSSR count). The van der Waals surface area contributed by atoms with Crippen LogP contribution in [0.4, 0.5) is 0 Å². The van der Waals surface area contributed by atoms with Gasteiger partial charge in [0.05, 0.1) is 12.5 Å². The quantitative estimate of drug-likeness (QED) is 0.356. The molecule has 2 aromatic heterocycles. The molecule has 0 saturated carbocycles. The van der Waals surface area contributed by atoms with E-state index in [4.69, 9.17) is 5.21 Å². The highest BCUT2D eigenvalue weighted by molar-refractivity contribution is 5.91. The normalized spacial score (nSPS) is 11.3. The van der Waals surface area contributed by atoms with E-state index in [1.807, 2.05) is 0 Å². The van der Waals surface area contributed by atoms with Crippen LogP contribution >= 0.6 is 0 Å². The van der Waals surface area contributed by atoms with Crippen molar-refractivity contribution in [3.8, 4) is 0 Å². The number of aromatic nitrogens is 4. The van der Waals surface area contributed by atoms with E-state index in [-0.39, 0.29) is 0 Å². The van der Waals surface area contributed by atoms with Crippen LogP contribution in [0.15, 0.2) is 17.8 Å². The van der Waals surface area contributed by atoms with Gasteiger partial charge in [0, 0.05) is 0 Å². The summed E-state index contributed by atoms with van der Waals surface area (Å²) in [6.45, 7) is 0. The largest absolute Gasteiger partial charge is 0.411 e. The molecule has 0 spiro atoms. The van der Waals surface area contributed by atoms with E-state index in [0.717, 1.165) is 0 Å². The summed E-state index contributed by atoms with van der Waals surface area (Å²) in [7, 11) is 0. The molecule has 6 nitrogen and oxygen atoms in total. The van der Waals surface area contributed by atoms with Crippen LogP contribution in [0.1, 0.15) is 5.69 Å². The Morgan fingerprint density at radius 3 is 3.17 bits per heavy atom. The Kier molecular flexibility index (Phi) is 1.44. The van der Waals surface area contributed by atoms with Crippen molar-refractivity contribution in [2.24, 2.45) is 5.16 Å². The molecular formula is C6H5N5O. The van der Waals surface area contributed by atoms with E-state index in [1.165, 1.54) is 18.9 Å². The summed E-state index contributed by atoms with van der Waals surface area (Å²) in [4.78, 5) is 14.5. The first-order chi connectivity index (χ1) is 5.92. The van der Waals surface area contributed by atoms with Crippen LogP contribution in [-0.2, 0) is 0 Å². The number of H-pyrrole nitrogens is 1. The number of hydrogen-bond acceptors (Lipinski definition) is 5. The molecule has 0 aliphatic rings. The lowest BCUT2D eigenvalue weighted by molar-refractivity contribution is 0.321. The Hall–Kier alpha value is -1.98. The average molecular weight is 163 g/mol. The number of aromatic amines is 1. The fourth-order valence-electron chi connectivity index (χ4n) is 0.936. The second-order valence-corrected chi connectivity index (χ2v) is 2.10. The van der Waals surface area contributed by atoms with Crippen molar-refractivity contribution in [1.82, 2.24) is 19.9 Å². The molecule has 2 aromatic rings. The molecular weight excluding hydrogens is 158 g/mol. The third kappa shape index (κ3) is 0.895. The van der Waals surface area contributed by atoms with Gasteiger partial charge in [0.2, 0.25) is 0 Å². The number of oxime groups is 1. The third-order valence-electron chi connectivity index (χ3n) is 1.43. The van der Waals surface area contributed by atoms with Crippen molar-refractivity contribution in [3.63, 3.8) is 0 Å². The zero-order valence-electron chi connectivity index (χ0n) is 5.97. The van der Waals surface area contributed by atoms with Crippen molar-refractivity contribution in [2.45, 2.75) is 0 Å². The van der Waals surface area contributed by atoms with Crippen molar-refractivity contribution in [1.29, 1.82) is 0 Å². The molecule has 0 aliphatic heterocycles. The summed E-state index contributed by atoms with van der Waals surface area (Å²) in [5.41, 5.74) is 1.73. The van der Waals surface area contributed by atoms with Gasteiger partial charge in [0.25, 0.3) is 0 Å². The zero-order chi connectivity index (χ0) is 8.39. The Labute approximate surface area is 67.0 Å². The molecule has 60 valence electrons. The van der Waals surface area contributed by atoms with E-state index in [9.17, 15) is 0 Å². The maximum absolute atomic E-state index is 8.29. The summed E-state index contributed by atoms with van der Waals surface area (Å²) in [5, 5.41) is 11.2. The summed E-state index contributed by atoms with van der Waals surface area (Å²) < 4.78 is 0. The fraction of sp³-hybridized carbons (Fsp3) is 0. The maximum Gasteiger partial charge on any atom is 0.181 e. The number of hydrogen-bond donors (Lipinski definition) is 2. The molecule has 0 saturated heterocycles. The second-order valence-electron chi connectivity index (χ2n) is 2.10. The fourth-order valence-corrected chi connectivity index (χ4v) is 0.936. The van der Waals surface area contributed by atoms with Crippen molar-refractivity contribution in [2.75, 3.05) is 0 Å². The summed E-state index contributed by atoms with van der Waals surface area (Å²) in [5.74, 6) is 0. The maximum atomic E-state index is 8.29. The average Bonchev–Trinajstić information content (AvgIpc) is 2.53. The number of nitrogens with zero attached hydrogens (tertiary/aromatic N) is 4. The minimum atomic E-state index is 0.514. The van der Waals surface area contributed by atoms with Gasteiger partial charge in [-0.1, -0.05) is 5.16 Å². The van der Waals surface area contributed by atoms with Gasteiger partial charge in [0.15, 0.2) is 5.65 Å². The lowest BCUT2D eigenvalue weighted by Gasteiger charge is -1.90. The highest BCUT2D eigenvalue weighted by Gasteiger charge is 2.01. The number of fused-ring (bicyclic) bond motifs is 1. The van der Waals surface area contributed by atoms with Gasteiger partial charge in [-0.3, -0.25) is 0 Å². The van der Waals surface area contributed by atoms with Crippen molar-refractivity contribution >= 4 is 17.4 Å². The first-order valence-electron chi connectivity index (χ1n) is 3.23. The molecule has 12 heavy (non-hydrogen) atoms. The Balaban J connectivity index is 2.73. The smallest absolute Gasteiger partial charge is 0.181 e. The number of nitrogens with one attached hydrogen (secondary N) is 1. The SMILES string of the molecule is ON=Cc1ncnc2nc[nH]c12. The number of rotatable bonds is 1. The minimum absolute atomic E-state index is 0.514. The van der Waals surface area contributed by atoms with Crippen LogP contribution in [0.5, 0.6) is 0 Å². The molecule has 2 heterocycles. The molecule has 0 unspecified atom stereocenters. The standard InChI is InChI=1S/C6H5N5O/c12-11-1-4-5-6(9-2-7-4)10-3-8-5/h1-3,12H,(H,7,8,9,10). The van der Waals surface area contributed by atoms with Gasteiger partial charge in [0.1, 0.15) is 17.5 Å². The molecule has 6 heteroatoms. The van der Waals surface area contributed by atoms with Gasteiger partial charge >= 0.3 is 0 Å². The van der Waals surface area contributed by atoms with Crippen LogP contribution in [0.2, 0.25) is 0 Å². The first kappa shape index (κ1) is 6.71. The first-order valence-corrected chi connectivity index (χ1v) is 3.23. The monoisotopic (exact) mass is 163 g/mol. The Bertz CT molecular complexity index is 421. The van der Waals surface area contributed by atoms with Crippen LogP contribution < -0.4 is 0 Å². The van der Waals surface area contributed by atoms with Gasteiger partial charge in [-0.2, -0.15) is 0 Å². The third-order valence-corrected chi connectivity index (χ3v) is 1.43. The zero-order valence-corrected chi connectivity index (χ0v) is 5.97. The predicted octanol–water partition coefficient (Wildman–Crippen LogP) is 0.161. The van der Waals surface area contributed by atoms with E-state index < -0.39 is 0 Å². The molecule has 0 fully saturated rings. The van der Waals surface area contributed by atoms with E-state index in [2.05, 4.69) is 25.1 Å². The molecule has 0 atom stereocenters. The van der Waals surface area contributed by atoms with Crippen LogP contribution in [0.25, 0.3) is 11.2 Å². The molecule has 0 aliphatic carbocycles. The highest BCUT2D eigenvalue weighted by Crippen LogP contribution is 2.06. The van der Waals surface area contributed by atoms with Crippen molar-refractivity contribution < 1.29 is 5.21 Å². The lowest BCUT2D eigenvalue weighted by atomic mass is 10.4. The van der Waals surface area contributed by atoms with Gasteiger partial charge in [-0.15, -0.1) is 0 Å². The molecule has 0 bridgehead atoms. The lowest BCUT2D eigenvalue weighted by Crippen LogP contribution is -1.90. The van der Waals surface area contributed by atoms with Gasteiger partial charge in [-0.05, 0) is 0 Å². The molecule has 0 aromatic carbocycles. The Morgan fingerprint density at radius 2 is 2.33 bits per heavy atom. The van der Waals surface area contributed by atoms with E-state index >= 15 is 0 Å². The highest BCUT2D eigenvalue weighted by atomic mass is 16.4. The molecule has 2 N–H and O–H groups in total.